The lowest BCUT2D eigenvalue weighted by atomic mass is 10.3. The van der Waals surface area contributed by atoms with Gasteiger partial charge in [-0.3, -0.25) is 9.59 Å². The number of amides is 2. The van der Waals surface area contributed by atoms with Crippen LogP contribution in [0.1, 0.15) is 5.56 Å². The largest absolute Gasteiger partial charge is 0.506 e. The molecule has 3 N–H and O–H groups in total. The summed E-state index contributed by atoms with van der Waals surface area (Å²) in [6.07, 6.45) is 1.52. The zero-order valence-corrected chi connectivity index (χ0v) is 10.8. The van der Waals surface area contributed by atoms with Gasteiger partial charge in [-0.25, -0.2) is 4.98 Å². The predicted molar refractivity (Wildman–Crippen MR) is 74.3 cm³/mol. The highest BCUT2D eigenvalue weighted by atomic mass is 16.3. The lowest BCUT2D eigenvalue weighted by Crippen LogP contribution is -2.29. The minimum atomic E-state index is -0.878. The number of para-hydroxylation sites is 2. The first kappa shape index (κ1) is 13.5. The minimum absolute atomic E-state index is 0.109. The number of aromatic nitrogens is 1. The molecule has 1 aromatic carbocycles. The third kappa shape index (κ3) is 3.11. The lowest BCUT2D eigenvalue weighted by Gasteiger charge is -2.08. The zero-order valence-electron chi connectivity index (χ0n) is 10.8. The lowest BCUT2D eigenvalue weighted by molar-refractivity contribution is -0.133. The maximum atomic E-state index is 11.7. The SMILES string of the molecule is Cc1cccnc1NC(=O)C(=O)Nc1ccccc1O. The Morgan fingerprint density at radius 3 is 2.45 bits per heavy atom. The van der Waals surface area contributed by atoms with Gasteiger partial charge in [0, 0.05) is 6.20 Å². The van der Waals surface area contributed by atoms with E-state index in [0.717, 1.165) is 5.56 Å². The molecule has 6 nitrogen and oxygen atoms in total. The van der Waals surface area contributed by atoms with Crippen LogP contribution in [0, 0.1) is 6.92 Å². The molecule has 2 aromatic rings. The highest BCUT2D eigenvalue weighted by Gasteiger charge is 2.16. The Balaban J connectivity index is 2.05. The number of aromatic hydroxyl groups is 1. The van der Waals surface area contributed by atoms with Crippen LogP contribution >= 0.6 is 0 Å². The summed E-state index contributed by atoms with van der Waals surface area (Å²) in [4.78, 5) is 27.4. The van der Waals surface area contributed by atoms with E-state index in [-0.39, 0.29) is 11.4 Å². The average molecular weight is 271 g/mol. The predicted octanol–water partition coefficient (Wildman–Crippen LogP) is 1.67. The van der Waals surface area contributed by atoms with Crippen molar-refractivity contribution in [3.05, 3.63) is 48.2 Å². The van der Waals surface area contributed by atoms with Crippen molar-refractivity contribution in [2.24, 2.45) is 0 Å². The van der Waals surface area contributed by atoms with Crippen LogP contribution in [0.2, 0.25) is 0 Å². The third-order valence-corrected chi connectivity index (χ3v) is 2.60. The van der Waals surface area contributed by atoms with Crippen molar-refractivity contribution >= 4 is 23.3 Å². The summed E-state index contributed by atoms with van der Waals surface area (Å²) >= 11 is 0. The summed E-state index contributed by atoms with van der Waals surface area (Å²) < 4.78 is 0. The fourth-order valence-electron chi connectivity index (χ4n) is 1.54. The molecular formula is C14H13N3O3. The number of anilines is 2. The van der Waals surface area contributed by atoms with Gasteiger partial charge in [0.25, 0.3) is 0 Å². The van der Waals surface area contributed by atoms with Crippen LogP contribution in [0.15, 0.2) is 42.6 Å². The Bertz CT molecular complexity index is 598. The molecule has 0 spiro atoms. The zero-order chi connectivity index (χ0) is 14.5. The van der Waals surface area contributed by atoms with Crippen molar-refractivity contribution in [2.45, 2.75) is 6.92 Å². The maximum Gasteiger partial charge on any atom is 0.315 e. The fraction of sp³-hybridized carbons (Fsp3) is 0.0714. The van der Waals surface area contributed by atoms with Crippen LogP contribution in [-0.2, 0) is 9.59 Å². The smallest absolute Gasteiger partial charge is 0.315 e. The molecule has 0 aliphatic carbocycles. The van der Waals surface area contributed by atoms with E-state index in [1.165, 1.54) is 18.3 Å². The molecule has 2 rings (SSSR count). The molecule has 0 radical (unpaired) electrons. The molecule has 0 aliphatic rings. The molecule has 0 atom stereocenters. The summed E-state index contributed by atoms with van der Waals surface area (Å²) in [5.41, 5.74) is 0.918. The van der Waals surface area contributed by atoms with Crippen molar-refractivity contribution in [3.8, 4) is 5.75 Å². The fourth-order valence-corrected chi connectivity index (χ4v) is 1.54. The Morgan fingerprint density at radius 1 is 1.05 bits per heavy atom. The third-order valence-electron chi connectivity index (χ3n) is 2.60. The molecule has 0 fully saturated rings. The molecule has 0 bridgehead atoms. The van der Waals surface area contributed by atoms with Crippen LogP contribution in [-0.4, -0.2) is 21.9 Å². The number of benzene rings is 1. The first-order valence-electron chi connectivity index (χ1n) is 5.90. The molecule has 20 heavy (non-hydrogen) atoms. The number of nitrogens with one attached hydrogen (secondary N) is 2. The first-order valence-corrected chi connectivity index (χ1v) is 5.90. The van der Waals surface area contributed by atoms with Gasteiger partial charge in [0.15, 0.2) is 0 Å². The first-order chi connectivity index (χ1) is 9.58. The van der Waals surface area contributed by atoms with Gasteiger partial charge in [-0.05, 0) is 30.7 Å². The van der Waals surface area contributed by atoms with Gasteiger partial charge in [0.2, 0.25) is 0 Å². The van der Waals surface area contributed by atoms with E-state index in [4.69, 9.17) is 0 Å². The highest BCUT2D eigenvalue weighted by molar-refractivity contribution is 6.43. The number of carbonyl (C=O) groups excluding carboxylic acids is 2. The van der Waals surface area contributed by atoms with E-state index >= 15 is 0 Å². The van der Waals surface area contributed by atoms with E-state index < -0.39 is 11.8 Å². The summed E-state index contributed by atoms with van der Waals surface area (Å²) in [7, 11) is 0. The van der Waals surface area contributed by atoms with Gasteiger partial charge >= 0.3 is 11.8 Å². The molecule has 0 saturated carbocycles. The van der Waals surface area contributed by atoms with Gasteiger partial charge in [-0.15, -0.1) is 0 Å². The van der Waals surface area contributed by atoms with E-state index in [1.807, 2.05) is 0 Å². The van der Waals surface area contributed by atoms with E-state index in [2.05, 4.69) is 15.6 Å². The number of phenolic OH excluding ortho intramolecular Hbond substituents is 1. The Labute approximate surface area is 115 Å². The summed E-state index contributed by atoms with van der Waals surface area (Å²) in [5.74, 6) is -1.51. The van der Waals surface area contributed by atoms with Crippen LogP contribution in [0.4, 0.5) is 11.5 Å². The van der Waals surface area contributed by atoms with Crippen LogP contribution in [0.3, 0.4) is 0 Å². The monoisotopic (exact) mass is 271 g/mol. The molecule has 1 aromatic heterocycles. The Kier molecular flexibility index (Phi) is 3.95. The average Bonchev–Trinajstić information content (AvgIpc) is 2.43. The molecule has 1 heterocycles. The quantitative estimate of drug-likeness (QED) is 0.572. The van der Waals surface area contributed by atoms with E-state index in [1.54, 1.807) is 31.2 Å². The van der Waals surface area contributed by atoms with Crippen molar-refractivity contribution in [1.29, 1.82) is 0 Å². The molecule has 0 unspecified atom stereocenters. The standard InChI is InChI=1S/C14H13N3O3/c1-9-5-4-8-15-12(9)17-14(20)13(19)16-10-6-2-3-7-11(10)18/h2-8,18H,1H3,(H,16,19)(H,15,17,20). The molecule has 0 aliphatic heterocycles. The Hall–Kier alpha value is -2.89. The van der Waals surface area contributed by atoms with Crippen molar-refractivity contribution < 1.29 is 14.7 Å². The minimum Gasteiger partial charge on any atom is -0.506 e. The van der Waals surface area contributed by atoms with E-state index in [0.29, 0.717) is 5.82 Å². The van der Waals surface area contributed by atoms with Crippen LogP contribution in [0.25, 0.3) is 0 Å². The second kappa shape index (κ2) is 5.83. The number of hydrogen-bond acceptors (Lipinski definition) is 4. The number of pyridine rings is 1. The van der Waals surface area contributed by atoms with Gasteiger partial charge in [0.1, 0.15) is 11.6 Å². The van der Waals surface area contributed by atoms with Gasteiger partial charge in [0.05, 0.1) is 5.69 Å². The summed E-state index contributed by atoms with van der Waals surface area (Å²) in [5, 5.41) is 14.2. The number of rotatable bonds is 2. The van der Waals surface area contributed by atoms with Crippen molar-refractivity contribution in [2.75, 3.05) is 10.6 Å². The second-order valence-corrected chi connectivity index (χ2v) is 4.09. The number of nitrogens with zero attached hydrogens (tertiary/aromatic N) is 1. The van der Waals surface area contributed by atoms with E-state index in [9.17, 15) is 14.7 Å². The highest BCUT2D eigenvalue weighted by Crippen LogP contribution is 2.21. The number of aryl methyl sites for hydroxylation is 1. The molecule has 102 valence electrons. The van der Waals surface area contributed by atoms with Crippen molar-refractivity contribution in [1.82, 2.24) is 4.98 Å². The normalized spacial score (nSPS) is 9.85. The van der Waals surface area contributed by atoms with Gasteiger partial charge in [-0.2, -0.15) is 0 Å². The number of phenols is 1. The van der Waals surface area contributed by atoms with Gasteiger partial charge < -0.3 is 15.7 Å². The van der Waals surface area contributed by atoms with Crippen LogP contribution in [0.5, 0.6) is 5.75 Å². The molecule has 0 saturated heterocycles. The summed E-state index contributed by atoms with van der Waals surface area (Å²) in [6, 6.07) is 9.65. The Morgan fingerprint density at radius 2 is 1.75 bits per heavy atom. The molecule has 6 heteroatoms. The topological polar surface area (TPSA) is 91.3 Å². The molecule has 2 amide bonds. The van der Waals surface area contributed by atoms with Crippen molar-refractivity contribution in [3.63, 3.8) is 0 Å². The van der Waals surface area contributed by atoms with Crippen LogP contribution < -0.4 is 10.6 Å². The molecular weight excluding hydrogens is 258 g/mol. The second-order valence-electron chi connectivity index (χ2n) is 4.09. The number of hydrogen-bond donors (Lipinski definition) is 3. The number of carbonyl (C=O) groups is 2. The van der Waals surface area contributed by atoms with Gasteiger partial charge in [-0.1, -0.05) is 18.2 Å². The maximum absolute atomic E-state index is 11.7. The summed E-state index contributed by atoms with van der Waals surface area (Å²) in [6.45, 7) is 1.77.